The van der Waals surface area contributed by atoms with Crippen LogP contribution in [0.15, 0.2) is 90.1 Å². The minimum atomic E-state index is -0.230. The van der Waals surface area contributed by atoms with E-state index in [4.69, 9.17) is 4.74 Å². The first-order valence-corrected chi connectivity index (χ1v) is 9.68. The van der Waals surface area contributed by atoms with Gasteiger partial charge in [0.25, 0.3) is 5.91 Å². The third kappa shape index (κ3) is 3.43. The van der Waals surface area contributed by atoms with Crippen LogP contribution in [0, 0.1) is 0 Å². The summed E-state index contributed by atoms with van der Waals surface area (Å²) < 4.78 is 5.90. The van der Waals surface area contributed by atoms with Gasteiger partial charge in [-0.2, -0.15) is 0 Å². The van der Waals surface area contributed by atoms with Gasteiger partial charge in [0.1, 0.15) is 12.4 Å². The first-order chi connectivity index (χ1) is 14.3. The van der Waals surface area contributed by atoms with E-state index in [-0.39, 0.29) is 11.9 Å². The number of amides is 1. The van der Waals surface area contributed by atoms with Crippen molar-refractivity contribution in [1.29, 1.82) is 0 Å². The van der Waals surface area contributed by atoms with Crippen LogP contribution >= 0.6 is 0 Å². The number of fused-ring (bicyclic) bond motifs is 1. The van der Waals surface area contributed by atoms with E-state index in [1.165, 1.54) is 0 Å². The van der Waals surface area contributed by atoms with E-state index in [2.05, 4.69) is 16.0 Å². The Morgan fingerprint density at radius 2 is 1.59 bits per heavy atom. The van der Waals surface area contributed by atoms with Crippen LogP contribution in [0.3, 0.4) is 0 Å². The fourth-order valence-corrected chi connectivity index (χ4v) is 3.77. The highest BCUT2D eigenvalue weighted by Gasteiger charge is 2.33. The Morgan fingerprint density at radius 1 is 0.862 bits per heavy atom. The molecule has 3 aromatic rings. The molecule has 1 unspecified atom stereocenters. The zero-order valence-corrected chi connectivity index (χ0v) is 15.8. The van der Waals surface area contributed by atoms with E-state index < -0.39 is 0 Å². The molecule has 0 aromatic heterocycles. The molecule has 2 heterocycles. The summed E-state index contributed by atoms with van der Waals surface area (Å²) in [5.74, 6) is 0.761. The number of hydrogen-bond donors (Lipinski definition) is 3. The van der Waals surface area contributed by atoms with Gasteiger partial charge in [-0.1, -0.05) is 54.6 Å². The summed E-state index contributed by atoms with van der Waals surface area (Å²) in [6.45, 7) is 1.04. The summed E-state index contributed by atoms with van der Waals surface area (Å²) in [6.07, 6.45) is 0. The summed E-state index contributed by atoms with van der Waals surface area (Å²) >= 11 is 0. The van der Waals surface area contributed by atoms with Gasteiger partial charge in [0, 0.05) is 5.70 Å². The van der Waals surface area contributed by atoms with Crippen molar-refractivity contribution in [2.24, 2.45) is 0 Å². The van der Waals surface area contributed by atoms with Crippen LogP contribution in [-0.4, -0.2) is 12.5 Å². The van der Waals surface area contributed by atoms with E-state index in [1.54, 1.807) is 0 Å². The standard InChI is InChI=1S/C24H21N3O2/c28-24-22-21(14-25-24)26-19-8-4-5-9-20(19)27-23(22)17-10-12-18(13-11-17)29-15-16-6-2-1-3-7-16/h1-13,23,26-27H,14-15H2,(H,25,28). The number of para-hydroxylation sites is 2. The van der Waals surface area contributed by atoms with Crippen LogP contribution in [0.2, 0.25) is 0 Å². The third-order valence-corrected chi connectivity index (χ3v) is 5.26. The van der Waals surface area contributed by atoms with Crippen LogP contribution in [0.4, 0.5) is 11.4 Å². The molecule has 5 rings (SSSR count). The average molecular weight is 383 g/mol. The van der Waals surface area contributed by atoms with Gasteiger partial charge in [-0.3, -0.25) is 4.79 Å². The van der Waals surface area contributed by atoms with Crippen molar-refractivity contribution in [2.45, 2.75) is 12.6 Å². The molecule has 0 fully saturated rings. The molecule has 3 N–H and O–H groups in total. The maximum absolute atomic E-state index is 12.5. The van der Waals surface area contributed by atoms with Gasteiger partial charge in [0.05, 0.1) is 29.5 Å². The van der Waals surface area contributed by atoms with Gasteiger partial charge >= 0.3 is 0 Å². The van der Waals surface area contributed by atoms with E-state index in [9.17, 15) is 4.79 Å². The lowest BCUT2D eigenvalue weighted by molar-refractivity contribution is -0.116. The highest BCUT2D eigenvalue weighted by atomic mass is 16.5. The number of anilines is 2. The Bertz CT molecular complexity index is 1070. The fourth-order valence-electron chi connectivity index (χ4n) is 3.77. The SMILES string of the molecule is O=C1NCC2=C1C(c1ccc(OCc3ccccc3)cc1)Nc1ccccc1N2. The largest absolute Gasteiger partial charge is 0.489 e. The van der Waals surface area contributed by atoms with Crippen molar-refractivity contribution in [1.82, 2.24) is 5.32 Å². The number of carbonyl (C=O) groups is 1. The molecule has 144 valence electrons. The molecule has 2 aliphatic heterocycles. The Balaban J connectivity index is 1.41. The smallest absolute Gasteiger partial charge is 0.251 e. The molecule has 0 saturated carbocycles. The molecule has 0 radical (unpaired) electrons. The summed E-state index contributed by atoms with van der Waals surface area (Å²) in [6, 6.07) is 25.8. The van der Waals surface area contributed by atoms with Crippen LogP contribution in [0.25, 0.3) is 0 Å². The van der Waals surface area contributed by atoms with E-state index >= 15 is 0 Å². The molecule has 0 bridgehead atoms. The molecule has 29 heavy (non-hydrogen) atoms. The number of benzene rings is 3. The van der Waals surface area contributed by atoms with Gasteiger partial charge in [0.2, 0.25) is 0 Å². The van der Waals surface area contributed by atoms with Crippen molar-refractivity contribution in [2.75, 3.05) is 17.2 Å². The second-order valence-electron chi connectivity index (χ2n) is 7.17. The van der Waals surface area contributed by atoms with E-state index in [1.807, 2.05) is 78.9 Å². The van der Waals surface area contributed by atoms with Crippen molar-refractivity contribution in [3.8, 4) is 5.75 Å². The number of ether oxygens (including phenoxy) is 1. The van der Waals surface area contributed by atoms with Gasteiger partial charge < -0.3 is 20.7 Å². The Labute approximate surface area is 169 Å². The molecule has 3 aromatic carbocycles. The molecule has 0 spiro atoms. The average Bonchev–Trinajstić information content (AvgIpc) is 3.03. The molecule has 5 heteroatoms. The van der Waals surface area contributed by atoms with Gasteiger partial charge in [-0.15, -0.1) is 0 Å². The molecule has 1 atom stereocenters. The predicted octanol–water partition coefficient (Wildman–Crippen LogP) is 4.23. The summed E-state index contributed by atoms with van der Waals surface area (Å²) in [5, 5.41) is 9.87. The first kappa shape index (κ1) is 17.4. The van der Waals surface area contributed by atoms with Crippen molar-refractivity contribution in [3.05, 3.63) is 101 Å². The second-order valence-corrected chi connectivity index (χ2v) is 7.17. The van der Waals surface area contributed by atoms with Crippen molar-refractivity contribution in [3.63, 3.8) is 0 Å². The van der Waals surface area contributed by atoms with Crippen LogP contribution in [0.5, 0.6) is 5.75 Å². The lowest BCUT2D eigenvalue weighted by atomic mass is 9.97. The zero-order valence-electron chi connectivity index (χ0n) is 15.8. The lowest BCUT2D eigenvalue weighted by Crippen LogP contribution is -2.24. The highest BCUT2D eigenvalue weighted by molar-refractivity contribution is 6.00. The summed E-state index contributed by atoms with van der Waals surface area (Å²) in [4.78, 5) is 12.5. The Hall–Kier alpha value is -3.73. The van der Waals surface area contributed by atoms with Gasteiger partial charge in [0.15, 0.2) is 0 Å². The highest BCUT2D eigenvalue weighted by Crippen LogP contribution is 2.38. The Kier molecular flexibility index (Phi) is 4.41. The number of carbonyl (C=O) groups excluding carboxylic acids is 1. The number of hydrogen-bond acceptors (Lipinski definition) is 4. The van der Waals surface area contributed by atoms with Crippen molar-refractivity contribution >= 4 is 17.3 Å². The second kappa shape index (κ2) is 7.36. The van der Waals surface area contributed by atoms with Crippen LogP contribution in [0.1, 0.15) is 17.2 Å². The van der Waals surface area contributed by atoms with E-state index in [0.29, 0.717) is 13.2 Å². The normalized spacial score (nSPS) is 17.4. The maximum atomic E-state index is 12.5. The quantitative estimate of drug-likeness (QED) is 0.631. The molecule has 0 saturated heterocycles. The first-order valence-electron chi connectivity index (χ1n) is 9.68. The fraction of sp³-hybridized carbons (Fsp3) is 0.125. The third-order valence-electron chi connectivity index (χ3n) is 5.26. The molecule has 1 amide bonds. The van der Waals surface area contributed by atoms with E-state index in [0.717, 1.165) is 39.5 Å². The maximum Gasteiger partial charge on any atom is 0.251 e. The summed E-state index contributed by atoms with van der Waals surface area (Å²) in [5.41, 5.74) is 5.74. The molecule has 5 nitrogen and oxygen atoms in total. The van der Waals surface area contributed by atoms with Gasteiger partial charge in [-0.25, -0.2) is 0 Å². The topological polar surface area (TPSA) is 62.4 Å². The number of rotatable bonds is 4. The predicted molar refractivity (Wildman–Crippen MR) is 114 cm³/mol. The summed E-state index contributed by atoms with van der Waals surface area (Å²) in [7, 11) is 0. The van der Waals surface area contributed by atoms with Crippen molar-refractivity contribution < 1.29 is 9.53 Å². The minimum Gasteiger partial charge on any atom is -0.489 e. The molecule has 0 aliphatic carbocycles. The van der Waals surface area contributed by atoms with Gasteiger partial charge in [-0.05, 0) is 35.4 Å². The Morgan fingerprint density at radius 3 is 2.38 bits per heavy atom. The number of nitrogens with one attached hydrogen (secondary N) is 3. The molecule has 2 aliphatic rings. The molecular weight excluding hydrogens is 362 g/mol. The molecular formula is C24H21N3O2. The van der Waals surface area contributed by atoms with Crippen LogP contribution < -0.4 is 20.7 Å². The zero-order chi connectivity index (χ0) is 19.6. The monoisotopic (exact) mass is 383 g/mol. The van der Waals surface area contributed by atoms with Crippen LogP contribution in [-0.2, 0) is 11.4 Å². The lowest BCUT2D eigenvalue weighted by Gasteiger charge is -2.20. The minimum absolute atomic E-state index is 0.0396.